The quantitative estimate of drug-likeness (QED) is 0.701. The summed E-state index contributed by atoms with van der Waals surface area (Å²) in [5.74, 6) is 0.916. The molecule has 0 aliphatic heterocycles. The molecule has 0 bridgehead atoms. The molecule has 1 aromatic rings. The molecule has 1 rings (SSSR count). The van der Waals surface area contributed by atoms with Gasteiger partial charge in [-0.3, -0.25) is 0 Å². The molecule has 0 aromatic carbocycles. The van der Waals surface area contributed by atoms with Gasteiger partial charge in [-0.2, -0.15) is 4.98 Å². The Morgan fingerprint density at radius 2 is 2.00 bits per heavy atom. The van der Waals surface area contributed by atoms with Crippen molar-refractivity contribution < 1.29 is 0 Å². The Kier molecular flexibility index (Phi) is 2.79. The SMILES string of the molecule is CCN(CC)c1ncnc(N)n1. The minimum atomic E-state index is 0.270. The minimum absolute atomic E-state index is 0.270. The van der Waals surface area contributed by atoms with Gasteiger partial charge >= 0.3 is 0 Å². The number of aromatic nitrogens is 3. The molecule has 0 fully saturated rings. The molecule has 0 amide bonds. The highest BCUT2D eigenvalue weighted by molar-refractivity contribution is 5.32. The molecule has 5 heteroatoms. The number of hydrogen-bond acceptors (Lipinski definition) is 5. The summed E-state index contributed by atoms with van der Waals surface area (Å²) in [6.45, 7) is 5.84. The summed E-state index contributed by atoms with van der Waals surface area (Å²) < 4.78 is 0. The van der Waals surface area contributed by atoms with Gasteiger partial charge in [0.15, 0.2) is 0 Å². The molecule has 1 aromatic heterocycles. The van der Waals surface area contributed by atoms with Crippen molar-refractivity contribution in [2.75, 3.05) is 23.7 Å². The Bertz CT molecular complexity index is 245. The van der Waals surface area contributed by atoms with E-state index in [0.717, 1.165) is 13.1 Å². The van der Waals surface area contributed by atoms with Crippen LogP contribution in [0.1, 0.15) is 13.8 Å². The highest BCUT2D eigenvalue weighted by Crippen LogP contribution is 2.04. The topological polar surface area (TPSA) is 67.9 Å². The molecule has 0 radical (unpaired) electrons. The molecule has 0 unspecified atom stereocenters. The largest absolute Gasteiger partial charge is 0.368 e. The van der Waals surface area contributed by atoms with Crippen molar-refractivity contribution in [3.63, 3.8) is 0 Å². The van der Waals surface area contributed by atoms with Crippen molar-refractivity contribution in [3.05, 3.63) is 6.33 Å². The standard InChI is InChI=1S/C7H13N5/c1-3-12(4-2)7-10-5-9-6(8)11-7/h5H,3-4H2,1-2H3,(H2,8,9,10,11). The van der Waals surface area contributed by atoms with E-state index in [1.165, 1.54) is 6.33 Å². The minimum Gasteiger partial charge on any atom is -0.368 e. The van der Waals surface area contributed by atoms with Crippen LogP contribution in [-0.4, -0.2) is 28.0 Å². The summed E-state index contributed by atoms with van der Waals surface area (Å²) in [4.78, 5) is 13.7. The van der Waals surface area contributed by atoms with Gasteiger partial charge in [0.1, 0.15) is 6.33 Å². The highest BCUT2D eigenvalue weighted by atomic mass is 15.3. The first-order valence-electron chi connectivity index (χ1n) is 3.97. The van der Waals surface area contributed by atoms with Gasteiger partial charge < -0.3 is 10.6 Å². The van der Waals surface area contributed by atoms with Gasteiger partial charge in [0.25, 0.3) is 0 Å². The van der Waals surface area contributed by atoms with Crippen LogP contribution in [0.4, 0.5) is 11.9 Å². The van der Waals surface area contributed by atoms with Crippen LogP contribution >= 0.6 is 0 Å². The maximum absolute atomic E-state index is 5.42. The molecule has 0 saturated carbocycles. The third-order valence-electron chi connectivity index (χ3n) is 1.62. The van der Waals surface area contributed by atoms with Crippen LogP contribution in [0, 0.1) is 0 Å². The first-order valence-corrected chi connectivity index (χ1v) is 3.97. The highest BCUT2D eigenvalue weighted by Gasteiger charge is 2.04. The zero-order chi connectivity index (χ0) is 8.97. The summed E-state index contributed by atoms with van der Waals surface area (Å²) in [7, 11) is 0. The average molecular weight is 167 g/mol. The molecule has 0 saturated heterocycles. The van der Waals surface area contributed by atoms with E-state index in [0.29, 0.717) is 5.95 Å². The Hall–Kier alpha value is -1.39. The fourth-order valence-electron chi connectivity index (χ4n) is 0.959. The van der Waals surface area contributed by atoms with Crippen LogP contribution in [-0.2, 0) is 0 Å². The number of nitrogen functional groups attached to an aromatic ring is 1. The first-order chi connectivity index (χ1) is 5.77. The molecule has 66 valence electrons. The first kappa shape index (κ1) is 8.70. The predicted octanol–water partition coefficient (Wildman–Crippen LogP) is 0.300. The third kappa shape index (κ3) is 1.81. The van der Waals surface area contributed by atoms with Crippen LogP contribution in [0.15, 0.2) is 6.33 Å². The van der Waals surface area contributed by atoms with Crippen molar-refractivity contribution in [1.82, 2.24) is 15.0 Å². The second-order valence-electron chi connectivity index (χ2n) is 2.32. The van der Waals surface area contributed by atoms with Gasteiger partial charge in [-0.05, 0) is 13.8 Å². The molecule has 2 N–H and O–H groups in total. The van der Waals surface area contributed by atoms with Crippen LogP contribution in [0.5, 0.6) is 0 Å². The van der Waals surface area contributed by atoms with E-state index in [1.807, 2.05) is 18.7 Å². The summed E-state index contributed by atoms with van der Waals surface area (Å²) in [6.07, 6.45) is 1.43. The lowest BCUT2D eigenvalue weighted by Gasteiger charge is -2.17. The van der Waals surface area contributed by atoms with Crippen molar-refractivity contribution in [2.45, 2.75) is 13.8 Å². The molecule has 0 aliphatic rings. The van der Waals surface area contributed by atoms with Crippen LogP contribution < -0.4 is 10.6 Å². The number of rotatable bonds is 3. The van der Waals surface area contributed by atoms with Crippen molar-refractivity contribution in [2.24, 2.45) is 0 Å². The monoisotopic (exact) mass is 167 g/mol. The van der Waals surface area contributed by atoms with E-state index >= 15 is 0 Å². The predicted molar refractivity (Wildman–Crippen MR) is 47.8 cm³/mol. The normalized spacial score (nSPS) is 9.83. The summed E-state index contributed by atoms with van der Waals surface area (Å²) in [5, 5.41) is 0. The Balaban J connectivity index is 2.85. The number of hydrogen-bond donors (Lipinski definition) is 1. The van der Waals surface area contributed by atoms with Gasteiger partial charge in [-0.15, -0.1) is 0 Å². The van der Waals surface area contributed by atoms with Crippen molar-refractivity contribution in [3.8, 4) is 0 Å². The molecule has 12 heavy (non-hydrogen) atoms. The Morgan fingerprint density at radius 3 is 2.50 bits per heavy atom. The molecular formula is C7H13N5. The lowest BCUT2D eigenvalue weighted by atomic mass is 10.5. The number of anilines is 2. The third-order valence-corrected chi connectivity index (χ3v) is 1.62. The second-order valence-corrected chi connectivity index (χ2v) is 2.32. The maximum atomic E-state index is 5.42. The fourth-order valence-corrected chi connectivity index (χ4v) is 0.959. The van der Waals surface area contributed by atoms with Crippen LogP contribution in [0.3, 0.4) is 0 Å². The lowest BCUT2D eigenvalue weighted by Crippen LogP contribution is -2.24. The molecule has 0 atom stereocenters. The van der Waals surface area contributed by atoms with E-state index in [2.05, 4.69) is 15.0 Å². The molecule has 0 aliphatic carbocycles. The summed E-state index contributed by atoms with van der Waals surface area (Å²) in [6, 6.07) is 0. The zero-order valence-corrected chi connectivity index (χ0v) is 7.36. The van der Waals surface area contributed by atoms with Gasteiger partial charge in [0.2, 0.25) is 11.9 Å². The van der Waals surface area contributed by atoms with Crippen molar-refractivity contribution in [1.29, 1.82) is 0 Å². The molecular weight excluding hydrogens is 154 g/mol. The van der Waals surface area contributed by atoms with Crippen LogP contribution in [0.25, 0.3) is 0 Å². The molecule has 0 spiro atoms. The average Bonchev–Trinajstić information content (AvgIpc) is 2.07. The van der Waals surface area contributed by atoms with E-state index < -0.39 is 0 Å². The van der Waals surface area contributed by atoms with E-state index in [1.54, 1.807) is 0 Å². The van der Waals surface area contributed by atoms with Crippen LogP contribution in [0.2, 0.25) is 0 Å². The maximum Gasteiger partial charge on any atom is 0.230 e. The summed E-state index contributed by atoms with van der Waals surface area (Å²) >= 11 is 0. The van der Waals surface area contributed by atoms with E-state index in [-0.39, 0.29) is 5.95 Å². The number of nitrogens with two attached hydrogens (primary N) is 1. The van der Waals surface area contributed by atoms with Crippen molar-refractivity contribution >= 4 is 11.9 Å². The van der Waals surface area contributed by atoms with Gasteiger partial charge in [-0.1, -0.05) is 0 Å². The zero-order valence-electron chi connectivity index (χ0n) is 7.36. The Morgan fingerprint density at radius 1 is 1.33 bits per heavy atom. The molecule has 1 heterocycles. The molecule has 5 nitrogen and oxygen atoms in total. The van der Waals surface area contributed by atoms with Gasteiger partial charge in [-0.25, -0.2) is 9.97 Å². The van der Waals surface area contributed by atoms with E-state index in [9.17, 15) is 0 Å². The van der Waals surface area contributed by atoms with E-state index in [4.69, 9.17) is 5.73 Å². The Labute approximate surface area is 71.6 Å². The lowest BCUT2D eigenvalue weighted by molar-refractivity contribution is 0.814. The summed E-state index contributed by atoms with van der Waals surface area (Å²) in [5.41, 5.74) is 5.42. The number of nitrogens with zero attached hydrogens (tertiary/aromatic N) is 4. The van der Waals surface area contributed by atoms with Gasteiger partial charge in [0.05, 0.1) is 0 Å². The second kappa shape index (κ2) is 3.85. The van der Waals surface area contributed by atoms with Gasteiger partial charge in [0, 0.05) is 13.1 Å². The smallest absolute Gasteiger partial charge is 0.230 e. The fraction of sp³-hybridized carbons (Fsp3) is 0.571.